The fourth-order valence-corrected chi connectivity index (χ4v) is 2.31. The maximum Gasteiger partial charge on any atom is 0.243 e. The minimum Gasteiger partial charge on any atom is -0.350 e. The van der Waals surface area contributed by atoms with Crippen LogP contribution in [0.15, 0.2) is 18.3 Å². The van der Waals surface area contributed by atoms with Crippen LogP contribution in [0.1, 0.15) is 38.2 Å². The van der Waals surface area contributed by atoms with Gasteiger partial charge >= 0.3 is 0 Å². The average Bonchev–Trinajstić information content (AvgIpc) is 3.07. The van der Waals surface area contributed by atoms with E-state index in [2.05, 4.69) is 35.3 Å². The Bertz CT molecular complexity index is 542. The molecule has 4 heteroatoms. The molecule has 1 fully saturated rings. The Morgan fingerprint density at radius 2 is 2.33 bits per heavy atom. The maximum atomic E-state index is 4.53. The lowest BCUT2D eigenvalue weighted by Gasteiger charge is -2.14. The summed E-state index contributed by atoms with van der Waals surface area (Å²) in [4.78, 5) is 4.53. The maximum absolute atomic E-state index is 4.53. The van der Waals surface area contributed by atoms with Gasteiger partial charge in [0, 0.05) is 12.2 Å². The van der Waals surface area contributed by atoms with Crippen molar-refractivity contribution in [2.24, 2.45) is 5.92 Å². The zero-order chi connectivity index (χ0) is 12.5. The molecule has 0 aromatic carbocycles. The van der Waals surface area contributed by atoms with Crippen LogP contribution in [-0.2, 0) is 0 Å². The molecule has 0 aliphatic heterocycles. The van der Waals surface area contributed by atoms with E-state index in [9.17, 15) is 0 Å². The Hall–Kier alpha value is -1.58. The van der Waals surface area contributed by atoms with E-state index >= 15 is 0 Å². The number of hydrogen-bond donors (Lipinski definition) is 1. The molecule has 1 saturated carbocycles. The third-order valence-electron chi connectivity index (χ3n) is 3.63. The summed E-state index contributed by atoms with van der Waals surface area (Å²) < 4.78 is 1.83. The number of nitrogens with zero attached hydrogens (tertiary/aromatic N) is 3. The second kappa shape index (κ2) is 4.59. The predicted molar refractivity (Wildman–Crippen MR) is 72.8 cm³/mol. The smallest absolute Gasteiger partial charge is 0.243 e. The summed E-state index contributed by atoms with van der Waals surface area (Å²) >= 11 is 0. The van der Waals surface area contributed by atoms with Crippen molar-refractivity contribution in [2.75, 3.05) is 5.32 Å². The molecule has 1 unspecified atom stereocenters. The third-order valence-corrected chi connectivity index (χ3v) is 3.63. The van der Waals surface area contributed by atoms with Crippen LogP contribution < -0.4 is 5.32 Å². The number of nitrogens with one attached hydrogen (secondary N) is 1. The lowest BCUT2D eigenvalue weighted by atomic mass is 10.1. The number of pyridine rings is 1. The van der Waals surface area contributed by atoms with Gasteiger partial charge in [-0.15, -0.1) is 5.10 Å². The number of anilines is 1. The molecule has 0 amide bonds. The zero-order valence-corrected chi connectivity index (χ0v) is 11.1. The Balaban J connectivity index is 1.76. The number of aryl methyl sites for hydroxylation is 1. The van der Waals surface area contributed by atoms with Crippen molar-refractivity contribution >= 4 is 11.6 Å². The van der Waals surface area contributed by atoms with Crippen molar-refractivity contribution in [1.82, 2.24) is 14.6 Å². The van der Waals surface area contributed by atoms with E-state index in [0.717, 1.165) is 23.9 Å². The van der Waals surface area contributed by atoms with E-state index in [1.807, 2.05) is 16.8 Å². The lowest BCUT2D eigenvalue weighted by molar-refractivity contribution is 0.583. The summed E-state index contributed by atoms with van der Waals surface area (Å²) in [5.74, 6) is 1.69. The number of aromatic nitrogens is 3. The van der Waals surface area contributed by atoms with Crippen LogP contribution in [-0.4, -0.2) is 20.6 Å². The van der Waals surface area contributed by atoms with Crippen LogP contribution in [0.4, 0.5) is 5.95 Å². The van der Waals surface area contributed by atoms with Gasteiger partial charge in [0.2, 0.25) is 5.95 Å². The van der Waals surface area contributed by atoms with E-state index in [1.54, 1.807) is 0 Å². The number of rotatable bonds is 5. The Morgan fingerprint density at radius 1 is 1.50 bits per heavy atom. The van der Waals surface area contributed by atoms with Crippen LogP contribution in [0.25, 0.3) is 5.65 Å². The largest absolute Gasteiger partial charge is 0.350 e. The first-order valence-corrected chi connectivity index (χ1v) is 6.84. The van der Waals surface area contributed by atoms with Gasteiger partial charge in [-0.1, -0.05) is 19.8 Å². The monoisotopic (exact) mass is 244 g/mol. The van der Waals surface area contributed by atoms with Gasteiger partial charge in [-0.3, -0.25) is 0 Å². The molecule has 2 aromatic rings. The fourth-order valence-electron chi connectivity index (χ4n) is 2.31. The van der Waals surface area contributed by atoms with Gasteiger partial charge in [0.25, 0.3) is 0 Å². The highest BCUT2D eigenvalue weighted by atomic mass is 15.3. The highest BCUT2D eigenvalue weighted by molar-refractivity contribution is 5.45. The molecule has 4 nitrogen and oxygen atoms in total. The molecule has 0 saturated heterocycles. The molecule has 1 aliphatic carbocycles. The molecule has 0 spiro atoms. The Labute approximate surface area is 107 Å². The molecule has 96 valence electrons. The molecule has 1 atom stereocenters. The summed E-state index contributed by atoms with van der Waals surface area (Å²) in [5.41, 5.74) is 2.13. The molecule has 2 heterocycles. The zero-order valence-electron chi connectivity index (χ0n) is 11.1. The van der Waals surface area contributed by atoms with Gasteiger partial charge in [0.15, 0.2) is 5.65 Å². The van der Waals surface area contributed by atoms with E-state index in [0.29, 0.717) is 6.04 Å². The molecule has 2 aromatic heterocycles. The van der Waals surface area contributed by atoms with E-state index in [-0.39, 0.29) is 0 Å². The second-order valence-electron chi connectivity index (χ2n) is 5.37. The van der Waals surface area contributed by atoms with Crippen LogP contribution in [0.3, 0.4) is 0 Å². The second-order valence-corrected chi connectivity index (χ2v) is 5.37. The highest BCUT2D eigenvalue weighted by Gasteiger charge is 2.25. The minimum absolute atomic E-state index is 0.510. The van der Waals surface area contributed by atoms with Gasteiger partial charge in [0.1, 0.15) is 0 Å². The summed E-state index contributed by atoms with van der Waals surface area (Å²) in [5, 5.41) is 7.93. The van der Waals surface area contributed by atoms with Gasteiger partial charge in [-0.25, -0.2) is 4.52 Å². The van der Waals surface area contributed by atoms with Crippen molar-refractivity contribution < 1.29 is 0 Å². The Morgan fingerprint density at radius 3 is 3.06 bits per heavy atom. The fraction of sp³-hybridized carbons (Fsp3) is 0.571. The van der Waals surface area contributed by atoms with Crippen molar-refractivity contribution in [3.05, 3.63) is 23.9 Å². The van der Waals surface area contributed by atoms with Crippen LogP contribution in [0, 0.1) is 12.8 Å². The lowest BCUT2D eigenvalue weighted by Crippen LogP contribution is -2.19. The molecule has 1 aliphatic rings. The molecule has 0 bridgehead atoms. The van der Waals surface area contributed by atoms with Crippen LogP contribution in [0.2, 0.25) is 0 Å². The SMILES string of the molecule is CCC(CC1CC1)Nc1nc2cc(C)ccn2n1. The van der Waals surface area contributed by atoms with Crippen molar-refractivity contribution in [3.8, 4) is 0 Å². The topological polar surface area (TPSA) is 42.2 Å². The molecular weight excluding hydrogens is 224 g/mol. The summed E-state index contributed by atoms with van der Waals surface area (Å²) in [7, 11) is 0. The number of fused-ring (bicyclic) bond motifs is 1. The first-order valence-electron chi connectivity index (χ1n) is 6.84. The first-order chi connectivity index (χ1) is 8.74. The standard InChI is InChI=1S/C14H20N4/c1-3-12(9-11-4-5-11)15-14-16-13-8-10(2)6-7-18(13)17-14/h6-8,11-12H,3-5,9H2,1-2H3,(H,15,17). The minimum atomic E-state index is 0.510. The molecule has 0 radical (unpaired) electrons. The predicted octanol–water partition coefficient (Wildman–Crippen LogP) is 3.03. The summed E-state index contributed by atoms with van der Waals surface area (Å²) in [6, 6.07) is 4.61. The van der Waals surface area contributed by atoms with E-state index in [1.165, 1.54) is 24.8 Å². The number of hydrogen-bond acceptors (Lipinski definition) is 3. The first kappa shape index (κ1) is 11.5. The highest BCUT2D eigenvalue weighted by Crippen LogP contribution is 2.34. The van der Waals surface area contributed by atoms with Gasteiger partial charge in [-0.2, -0.15) is 4.98 Å². The van der Waals surface area contributed by atoms with Gasteiger partial charge < -0.3 is 5.32 Å². The van der Waals surface area contributed by atoms with Crippen LogP contribution >= 0.6 is 0 Å². The normalized spacial score (nSPS) is 17.0. The average molecular weight is 244 g/mol. The molecular formula is C14H20N4. The quantitative estimate of drug-likeness (QED) is 0.879. The van der Waals surface area contributed by atoms with Crippen molar-refractivity contribution in [1.29, 1.82) is 0 Å². The third kappa shape index (κ3) is 2.47. The van der Waals surface area contributed by atoms with Crippen molar-refractivity contribution in [2.45, 2.75) is 45.6 Å². The van der Waals surface area contributed by atoms with E-state index in [4.69, 9.17) is 0 Å². The summed E-state index contributed by atoms with van der Waals surface area (Å²) in [6.07, 6.45) is 7.15. The molecule has 18 heavy (non-hydrogen) atoms. The molecule has 1 N–H and O–H groups in total. The summed E-state index contributed by atoms with van der Waals surface area (Å²) in [6.45, 7) is 4.30. The van der Waals surface area contributed by atoms with Gasteiger partial charge in [-0.05, 0) is 43.4 Å². The molecule has 3 rings (SSSR count). The van der Waals surface area contributed by atoms with Gasteiger partial charge in [0.05, 0.1) is 0 Å². The van der Waals surface area contributed by atoms with E-state index < -0.39 is 0 Å². The van der Waals surface area contributed by atoms with Crippen LogP contribution in [0.5, 0.6) is 0 Å². The Kier molecular flexibility index (Phi) is 2.94. The van der Waals surface area contributed by atoms with Crippen molar-refractivity contribution in [3.63, 3.8) is 0 Å².